The molecule has 0 unspecified atom stereocenters. The first-order valence-electron chi connectivity index (χ1n) is 11.4. The Morgan fingerprint density at radius 3 is 2.62 bits per heavy atom. The molecular formula is C23H30N6O3. The first-order chi connectivity index (χ1) is 15.6. The van der Waals surface area contributed by atoms with Crippen LogP contribution < -0.4 is 4.74 Å². The largest absolute Gasteiger partial charge is 0.487 e. The molecule has 2 aliphatic carbocycles. The second-order valence-corrected chi connectivity index (χ2v) is 8.65. The number of amides is 1. The number of aryl methyl sites for hydroxylation is 1. The van der Waals surface area contributed by atoms with Gasteiger partial charge in [0.2, 0.25) is 0 Å². The van der Waals surface area contributed by atoms with E-state index >= 15 is 0 Å². The molecule has 0 aromatic carbocycles. The Labute approximate surface area is 188 Å². The zero-order valence-corrected chi connectivity index (χ0v) is 18.8. The van der Waals surface area contributed by atoms with E-state index in [2.05, 4.69) is 21.4 Å². The molecule has 2 saturated carbocycles. The Morgan fingerprint density at radius 1 is 1.19 bits per heavy atom. The fourth-order valence-electron chi connectivity index (χ4n) is 4.53. The van der Waals surface area contributed by atoms with Gasteiger partial charge in [0.15, 0.2) is 11.4 Å². The van der Waals surface area contributed by atoms with Gasteiger partial charge in [-0.15, -0.1) is 5.10 Å². The lowest BCUT2D eigenvalue weighted by Crippen LogP contribution is -2.35. The molecule has 0 atom stereocenters. The smallest absolute Gasteiger partial charge is 0.410 e. The quantitative estimate of drug-likeness (QED) is 0.672. The molecule has 2 aromatic rings. The van der Waals surface area contributed by atoms with Crippen molar-refractivity contribution < 1.29 is 14.3 Å². The van der Waals surface area contributed by atoms with Crippen LogP contribution >= 0.6 is 0 Å². The maximum atomic E-state index is 12.5. The average Bonchev–Trinajstić information content (AvgIpc) is 3.48. The number of rotatable bonds is 6. The van der Waals surface area contributed by atoms with Crippen LogP contribution in [0.2, 0.25) is 0 Å². The summed E-state index contributed by atoms with van der Waals surface area (Å²) in [5, 5.41) is 17.9. The summed E-state index contributed by atoms with van der Waals surface area (Å²) in [5.74, 6) is 0.498. The molecule has 9 heteroatoms. The van der Waals surface area contributed by atoms with E-state index in [1.54, 1.807) is 35.8 Å². The molecule has 2 aliphatic rings. The summed E-state index contributed by atoms with van der Waals surface area (Å²) in [6.45, 7) is 0.0264. The van der Waals surface area contributed by atoms with Gasteiger partial charge in [0, 0.05) is 20.1 Å². The monoisotopic (exact) mass is 438 g/mol. The third kappa shape index (κ3) is 4.85. The standard InChI is InChI=1S/C23H30N6O3/c1-28(16-8-6-7-9-16)23(30)31-15-20-22(26-27-29(20)2)18-12-13-21(19(14-24)25-18)32-17-10-4-3-5-11-17/h12-13,16-17H,3-11,15H2,1-2H3. The summed E-state index contributed by atoms with van der Waals surface area (Å²) in [6.07, 6.45) is 9.63. The summed E-state index contributed by atoms with van der Waals surface area (Å²) in [6, 6.07) is 5.92. The minimum absolute atomic E-state index is 0.0264. The molecular weight excluding hydrogens is 408 g/mol. The molecule has 1 amide bonds. The number of aromatic nitrogens is 4. The van der Waals surface area contributed by atoms with Gasteiger partial charge < -0.3 is 14.4 Å². The molecule has 4 rings (SSSR count). The number of ether oxygens (including phenoxy) is 2. The lowest BCUT2D eigenvalue weighted by Gasteiger charge is -2.23. The number of pyridine rings is 1. The number of hydrogen-bond acceptors (Lipinski definition) is 7. The topological polar surface area (TPSA) is 106 Å². The molecule has 170 valence electrons. The van der Waals surface area contributed by atoms with E-state index in [4.69, 9.17) is 9.47 Å². The van der Waals surface area contributed by atoms with Crippen LogP contribution in [0.15, 0.2) is 12.1 Å². The Kier molecular flexibility index (Phi) is 6.88. The minimum atomic E-state index is -0.356. The molecule has 2 heterocycles. The first-order valence-corrected chi connectivity index (χ1v) is 11.4. The zero-order chi connectivity index (χ0) is 22.5. The normalized spacial score (nSPS) is 17.2. The lowest BCUT2D eigenvalue weighted by atomic mass is 9.98. The van der Waals surface area contributed by atoms with Crippen LogP contribution in [0.3, 0.4) is 0 Å². The molecule has 0 radical (unpaired) electrons. The van der Waals surface area contributed by atoms with Crippen LogP contribution in [-0.4, -0.2) is 50.2 Å². The Morgan fingerprint density at radius 2 is 1.91 bits per heavy atom. The summed E-state index contributed by atoms with van der Waals surface area (Å²) in [5.41, 5.74) is 1.84. The molecule has 0 saturated heterocycles. The van der Waals surface area contributed by atoms with Crippen molar-refractivity contribution in [3.8, 4) is 23.2 Å². The lowest BCUT2D eigenvalue weighted by molar-refractivity contribution is 0.0899. The number of nitriles is 1. The highest BCUT2D eigenvalue weighted by atomic mass is 16.6. The van der Waals surface area contributed by atoms with Crippen molar-refractivity contribution in [1.29, 1.82) is 5.26 Å². The molecule has 0 bridgehead atoms. The van der Waals surface area contributed by atoms with Crippen LogP contribution in [-0.2, 0) is 18.4 Å². The van der Waals surface area contributed by atoms with Gasteiger partial charge >= 0.3 is 6.09 Å². The van der Waals surface area contributed by atoms with Gasteiger partial charge in [-0.25, -0.2) is 14.5 Å². The van der Waals surface area contributed by atoms with Crippen LogP contribution in [0.5, 0.6) is 5.75 Å². The van der Waals surface area contributed by atoms with Crippen LogP contribution in [0.4, 0.5) is 4.79 Å². The van der Waals surface area contributed by atoms with Crippen molar-refractivity contribution in [2.75, 3.05) is 7.05 Å². The van der Waals surface area contributed by atoms with Crippen molar-refractivity contribution in [2.45, 2.75) is 76.5 Å². The van der Waals surface area contributed by atoms with Crippen LogP contribution in [0.25, 0.3) is 11.4 Å². The second-order valence-electron chi connectivity index (χ2n) is 8.65. The Balaban J connectivity index is 1.48. The van der Waals surface area contributed by atoms with E-state index in [-0.39, 0.29) is 30.5 Å². The van der Waals surface area contributed by atoms with Gasteiger partial charge in [0.05, 0.1) is 11.8 Å². The van der Waals surface area contributed by atoms with E-state index in [0.717, 1.165) is 51.4 Å². The van der Waals surface area contributed by atoms with E-state index in [1.807, 2.05) is 0 Å². The number of carbonyl (C=O) groups excluding carboxylic acids is 1. The van der Waals surface area contributed by atoms with E-state index in [1.165, 1.54) is 6.42 Å². The highest BCUT2D eigenvalue weighted by molar-refractivity contribution is 5.68. The molecule has 0 N–H and O–H groups in total. The third-order valence-electron chi connectivity index (χ3n) is 6.49. The summed E-state index contributed by atoms with van der Waals surface area (Å²) in [4.78, 5) is 18.7. The third-order valence-corrected chi connectivity index (χ3v) is 6.49. The van der Waals surface area contributed by atoms with Crippen LogP contribution in [0, 0.1) is 11.3 Å². The predicted molar refractivity (Wildman–Crippen MR) is 117 cm³/mol. The van der Waals surface area contributed by atoms with Crippen molar-refractivity contribution in [3.05, 3.63) is 23.5 Å². The highest BCUT2D eigenvalue weighted by Crippen LogP contribution is 2.28. The van der Waals surface area contributed by atoms with Gasteiger partial charge in [-0.3, -0.25) is 0 Å². The summed E-state index contributed by atoms with van der Waals surface area (Å²) >= 11 is 0. The van der Waals surface area contributed by atoms with E-state index < -0.39 is 0 Å². The zero-order valence-electron chi connectivity index (χ0n) is 18.8. The van der Waals surface area contributed by atoms with Crippen molar-refractivity contribution in [1.82, 2.24) is 24.9 Å². The maximum Gasteiger partial charge on any atom is 0.410 e. The minimum Gasteiger partial charge on any atom is -0.487 e. The maximum absolute atomic E-state index is 12.5. The van der Waals surface area contributed by atoms with Crippen molar-refractivity contribution >= 4 is 6.09 Å². The van der Waals surface area contributed by atoms with Gasteiger partial charge in [-0.05, 0) is 50.7 Å². The highest BCUT2D eigenvalue weighted by Gasteiger charge is 2.26. The second kappa shape index (κ2) is 9.98. The molecule has 2 aromatic heterocycles. The van der Waals surface area contributed by atoms with Crippen molar-refractivity contribution in [2.24, 2.45) is 7.05 Å². The van der Waals surface area contributed by atoms with Gasteiger partial charge in [-0.1, -0.05) is 24.5 Å². The van der Waals surface area contributed by atoms with Gasteiger partial charge in [0.1, 0.15) is 24.1 Å². The van der Waals surface area contributed by atoms with Crippen molar-refractivity contribution in [3.63, 3.8) is 0 Å². The average molecular weight is 439 g/mol. The Hall–Kier alpha value is -3.15. The molecule has 32 heavy (non-hydrogen) atoms. The predicted octanol–water partition coefficient (Wildman–Crippen LogP) is 3.97. The fraction of sp³-hybridized carbons (Fsp3) is 0.609. The number of nitrogens with zero attached hydrogens (tertiary/aromatic N) is 6. The first kappa shape index (κ1) is 22.1. The number of carbonyl (C=O) groups is 1. The molecule has 9 nitrogen and oxygen atoms in total. The molecule has 0 aliphatic heterocycles. The van der Waals surface area contributed by atoms with Gasteiger partial charge in [-0.2, -0.15) is 5.26 Å². The molecule has 0 spiro atoms. The van der Waals surface area contributed by atoms with Gasteiger partial charge in [0.25, 0.3) is 0 Å². The SMILES string of the molecule is CN(C(=O)OCc1c(-c2ccc(OC3CCCCC3)c(C#N)n2)nnn1C)C1CCCC1. The summed E-state index contributed by atoms with van der Waals surface area (Å²) < 4.78 is 13.2. The number of hydrogen-bond donors (Lipinski definition) is 0. The van der Waals surface area contributed by atoms with E-state index in [0.29, 0.717) is 22.8 Å². The Bertz CT molecular complexity index is 986. The summed E-state index contributed by atoms with van der Waals surface area (Å²) in [7, 11) is 3.53. The van der Waals surface area contributed by atoms with E-state index in [9.17, 15) is 10.1 Å². The fourth-order valence-corrected chi connectivity index (χ4v) is 4.53. The molecule has 2 fully saturated rings. The van der Waals surface area contributed by atoms with Crippen LogP contribution in [0.1, 0.15) is 69.2 Å².